The van der Waals surface area contributed by atoms with Crippen molar-refractivity contribution in [3.63, 3.8) is 0 Å². The lowest BCUT2D eigenvalue weighted by Gasteiger charge is -2.27. The van der Waals surface area contributed by atoms with Crippen LogP contribution in [0.3, 0.4) is 0 Å². The van der Waals surface area contributed by atoms with E-state index in [1.54, 1.807) is 22.8 Å². The van der Waals surface area contributed by atoms with Crippen LogP contribution in [0.1, 0.15) is 48.8 Å². The normalized spacial score (nSPS) is 14.8. The highest BCUT2D eigenvalue weighted by Gasteiger charge is 2.30. The second-order valence-electron chi connectivity index (χ2n) is 9.17. The number of fused-ring (bicyclic) bond motifs is 3. The highest BCUT2D eigenvalue weighted by molar-refractivity contribution is 7.99. The SMILES string of the molecule is Cc1ccc(-n2c(SCC(=O)NC(C)(C#N)C(C)C)nc3sc4c(c3c2=O)CCC4)c(C)c1. The summed E-state index contributed by atoms with van der Waals surface area (Å²) in [5.74, 6) is -0.224. The van der Waals surface area contributed by atoms with Gasteiger partial charge >= 0.3 is 0 Å². The summed E-state index contributed by atoms with van der Waals surface area (Å²) < 4.78 is 1.66. The summed E-state index contributed by atoms with van der Waals surface area (Å²) in [4.78, 5) is 33.4. The van der Waals surface area contributed by atoms with E-state index in [2.05, 4.69) is 11.4 Å². The molecule has 6 nitrogen and oxygen atoms in total. The summed E-state index contributed by atoms with van der Waals surface area (Å²) in [5, 5.41) is 13.6. The highest BCUT2D eigenvalue weighted by Crippen LogP contribution is 2.36. The van der Waals surface area contributed by atoms with E-state index in [-0.39, 0.29) is 23.1 Å². The molecule has 172 valence electrons. The molecular formula is C25H28N4O2S2. The minimum Gasteiger partial charge on any atom is -0.337 e. The number of aromatic nitrogens is 2. The third-order valence-electron chi connectivity index (χ3n) is 6.42. The van der Waals surface area contributed by atoms with Gasteiger partial charge in [-0.3, -0.25) is 14.2 Å². The van der Waals surface area contributed by atoms with Crippen LogP contribution in [-0.4, -0.2) is 26.8 Å². The lowest BCUT2D eigenvalue weighted by Crippen LogP contribution is -2.49. The Bertz CT molecular complexity index is 1350. The Kier molecular flexibility index (Phi) is 6.39. The van der Waals surface area contributed by atoms with Crippen LogP contribution in [0.25, 0.3) is 15.9 Å². The molecule has 1 aromatic carbocycles. The Morgan fingerprint density at radius 3 is 2.79 bits per heavy atom. The molecule has 1 amide bonds. The summed E-state index contributed by atoms with van der Waals surface area (Å²) >= 11 is 2.83. The average molecular weight is 481 g/mol. The number of carbonyl (C=O) groups is 1. The van der Waals surface area contributed by atoms with Gasteiger partial charge in [-0.25, -0.2) is 4.98 Å². The Balaban J connectivity index is 1.77. The van der Waals surface area contributed by atoms with E-state index >= 15 is 0 Å². The number of amides is 1. The van der Waals surface area contributed by atoms with E-state index in [1.165, 1.54) is 16.6 Å². The molecule has 1 aliphatic rings. The first kappa shape index (κ1) is 23.5. The van der Waals surface area contributed by atoms with E-state index in [0.29, 0.717) is 5.16 Å². The Hall–Kier alpha value is -2.63. The molecular weight excluding hydrogens is 452 g/mol. The van der Waals surface area contributed by atoms with Crippen LogP contribution in [0.15, 0.2) is 28.2 Å². The fourth-order valence-electron chi connectivity index (χ4n) is 4.15. The minimum atomic E-state index is -0.948. The predicted molar refractivity (Wildman–Crippen MR) is 134 cm³/mol. The number of hydrogen-bond acceptors (Lipinski definition) is 6. The van der Waals surface area contributed by atoms with Crippen LogP contribution in [0.5, 0.6) is 0 Å². The molecule has 0 saturated heterocycles. The monoisotopic (exact) mass is 480 g/mol. The van der Waals surface area contributed by atoms with Gasteiger partial charge in [-0.2, -0.15) is 5.26 Å². The molecule has 1 N–H and O–H groups in total. The number of thioether (sulfide) groups is 1. The van der Waals surface area contributed by atoms with Crippen molar-refractivity contribution in [3.05, 3.63) is 50.1 Å². The molecule has 1 aliphatic carbocycles. The summed E-state index contributed by atoms with van der Waals surface area (Å²) in [5.41, 5.74) is 3.00. The van der Waals surface area contributed by atoms with Gasteiger partial charge in [-0.1, -0.05) is 43.3 Å². The van der Waals surface area contributed by atoms with Crippen molar-refractivity contribution >= 4 is 39.2 Å². The number of nitrogens with one attached hydrogen (secondary N) is 1. The Morgan fingerprint density at radius 2 is 2.12 bits per heavy atom. The van der Waals surface area contributed by atoms with Crippen LogP contribution in [0.2, 0.25) is 0 Å². The molecule has 2 aromatic heterocycles. The zero-order valence-electron chi connectivity index (χ0n) is 19.6. The summed E-state index contributed by atoms with van der Waals surface area (Å²) in [6, 6.07) is 8.18. The van der Waals surface area contributed by atoms with Gasteiger partial charge in [0, 0.05) is 4.88 Å². The van der Waals surface area contributed by atoms with Crippen LogP contribution < -0.4 is 10.9 Å². The van der Waals surface area contributed by atoms with E-state index in [0.717, 1.165) is 51.9 Å². The van der Waals surface area contributed by atoms with Gasteiger partial charge in [0.1, 0.15) is 10.4 Å². The zero-order chi connectivity index (χ0) is 23.9. The molecule has 8 heteroatoms. The molecule has 0 spiro atoms. The second-order valence-corrected chi connectivity index (χ2v) is 11.2. The molecule has 4 rings (SSSR count). The first-order valence-electron chi connectivity index (χ1n) is 11.1. The standard InChI is InChI=1S/C25H28N4O2S2/c1-14(2)25(5,13-26)28-20(30)12-32-24-27-22-21(17-7-6-8-19(17)33-22)23(31)29(24)18-10-9-15(3)11-16(18)4/h9-11,14H,6-8,12H2,1-5H3,(H,28,30). The summed E-state index contributed by atoms with van der Waals surface area (Å²) in [7, 11) is 0. The molecule has 0 saturated carbocycles. The van der Waals surface area contributed by atoms with E-state index < -0.39 is 5.54 Å². The molecule has 2 heterocycles. The predicted octanol–water partition coefficient (Wildman–Crippen LogP) is 4.70. The largest absolute Gasteiger partial charge is 0.337 e. The number of aryl methyl sites for hydroxylation is 4. The maximum Gasteiger partial charge on any atom is 0.267 e. The highest BCUT2D eigenvalue weighted by atomic mass is 32.2. The maximum absolute atomic E-state index is 13.8. The third-order valence-corrected chi connectivity index (χ3v) is 8.54. The fraction of sp³-hybridized carbons (Fsp3) is 0.440. The first-order valence-corrected chi connectivity index (χ1v) is 12.9. The van der Waals surface area contributed by atoms with Crippen molar-refractivity contribution in [1.29, 1.82) is 5.26 Å². The van der Waals surface area contributed by atoms with Crippen molar-refractivity contribution in [2.45, 2.75) is 64.6 Å². The molecule has 0 aliphatic heterocycles. The number of rotatable bonds is 6. The number of nitriles is 1. The Labute approximate surface area is 202 Å². The van der Waals surface area contributed by atoms with Crippen molar-refractivity contribution < 1.29 is 4.79 Å². The minimum absolute atomic E-state index is 0.0344. The lowest BCUT2D eigenvalue weighted by molar-refractivity contribution is -0.120. The molecule has 0 bridgehead atoms. The quantitative estimate of drug-likeness (QED) is 0.408. The fourth-order valence-corrected chi connectivity index (χ4v) is 6.26. The third kappa shape index (κ3) is 4.32. The summed E-state index contributed by atoms with van der Waals surface area (Å²) in [6.07, 6.45) is 2.98. The Morgan fingerprint density at radius 1 is 1.36 bits per heavy atom. The first-order chi connectivity index (χ1) is 15.6. The number of benzene rings is 1. The van der Waals surface area contributed by atoms with Crippen molar-refractivity contribution in [3.8, 4) is 11.8 Å². The van der Waals surface area contributed by atoms with E-state index in [1.807, 2.05) is 45.9 Å². The smallest absolute Gasteiger partial charge is 0.267 e. The van der Waals surface area contributed by atoms with Crippen LogP contribution in [0.4, 0.5) is 0 Å². The van der Waals surface area contributed by atoms with E-state index in [4.69, 9.17) is 4.98 Å². The van der Waals surface area contributed by atoms with Gasteiger partial charge in [0.2, 0.25) is 5.91 Å². The molecule has 0 fully saturated rings. The average Bonchev–Trinajstić information content (AvgIpc) is 3.34. The number of nitrogens with zero attached hydrogens (tertiary/aromatic N) is 3. The van der Waals surface area contributed by atoms with Crippen LogP contribution in [-0.2, 0) is 17.6 Å². The van der Waals surface area contributed by atoms with Gasteiger partial charge < -0.3 is 5.32 Å². The van der Waals surface area contributed by atoms with Gasteiger partial charge in [0.15, 0.2) is 5.16 Å². The molecule has 1 atom stereocenters. The molecule has 33 heavy (non-hydrogen) atoms. The lowest BCUT2D eigenvalue weighted by atomic mass is 9.90. The number of carbonyl (C=O) groups excluding carboxylic acids is 1. The van der Waals surface area contributed by atoms with Gasteiger partial charge in [-0.05, 0) is 63.1 Å². The summed E-state index contributed by atoms with van der Waals surface area (Å²) in [6.45, 7) is 9.54. The van der Waals surface area contributed by atoms with Crippen molar-refractivity contribution in [2.24, 2.45) is 5.92 Å². The van der Waals surface area contributed by atoms with Crippen molar-refractivity contribution in [2.75, 3.05) is 5.75 Å². The number of thiophene rings is 1. The second kappa shape index (κ2) is 8.96. The molecule has 1 unspecified atom stereocenters. The molecule has 3 aromatic rings. The zero-order valence-corrected chi connectivity index (χ0v) is 21.2. The van der Waals surface area contributed by atoms with Gasteiger partial charge in [0.25, 0.3) is 5.56 Å². The number of hydrogen-bond donors (Lipinski definition) is 1. The van der Waals surface area contributed by atoms with Gasteiger partial charge in [0.05, 0.1) is 22.9 Å². The van der Waals surface area contributed by atoms with E-state index in [9.17, 15) is 14.9 Å². The van der Waals surface area contributed by atoms with Crippen LogP contribution >= 0.6 is 23.1 Å². The maximum atomic E-state index is 13.8. The van der Waals surface area contributed by atoms with Crippen molar-refractivity contribution in [1.82, 2.24) is 14.9 Å². The topological polar surface area (TPSA) is 87.8 Å². The van der Waals surface area contributed by atoms with Crippen LogP contribution in [0, 0.1) is 31.1 Å². The van der Waals surface area contributed by atoms with Gasteiger partial charge in [-0.15, -0.1) is 11.3 Å². The molecule has 0 radical (unpaired) electrons.